The molecule has 25 heavy (non-hydrogen) atoms. The fourth-order valence-electron chi connectivity index (χ4n) is 2.08. The summed E-state index contributed by atoms with van der Waals surface area (Å²) in [6, 6.07) is 13.0. The van der Waals surface area contributed by atoms with Crippen molar-refractivity contribution < 1.29 is 8.83 Å². The van der Waals surface area contributed by atoms with Crippen LogP contribution < -0.4 is 5.43 Å². The molecule has 3 rings (SSSR count). The first kappa shape index (κ1) is 16.8. The third-order valence-electron chi connectivity index (χ3n) is 3.36. The molecular formula is C18H15ClN4O2. The highest BCUT2D eigenvalue weighted by molar-refractivity contribution is 6.30. The van der Waals surface area contributed by atoms with Crippen LogP contribution in [0.2, 0.25) is 5.02 Å². The first-order valence-corrected chi connectivity index (χ1v) is 8.00. The largest absolute Gasteiger partial charge is 0.455 e. The van der Waals surface area contributed by atoms with Crippen LogP contribution in [-0.2, 0) is 0 Å². The van der Waals surface area contributed by atoms with E-state index in [0.29, 0.717) is 22.4 Å². The van der Waals surface area contributed by atoms with Gasteiger partial charge in [0.15, 0.2) is 0 Å². The van der Waals surface area contributed by atoms with Crippen molar-refractivity contribution in [3.05, 3.63) is 58.8 Å². The van der Waals surface area contributed by atoms with Crippen LogP contribution in [0.15, 0.2) is 50.3 Å². The van der Waals surface area contributed by atoms with Gasteiger partial charge in [0.1, 0.15) is 17.6 Å². The molecule has 6 nitrogen and oxygen atoms in total. The maximum Gasteiger partial charge on any atom is 0.252 e. The van der Waals surface area contributed by atoms with Gasteiger partial charge in [0.2, 0.25) is 11.6 Å². The van der Waals surface area contributed by atoms with Crippen molar-refractivity contribution in [2.75, 3.05) is 5.43 Å². The average Bonchev–Trinajstić information content (AvgIpc) is 3.23. The number of furan rings is 1. The van der Waals surface area contributed by atoms with Crippen LogP contribution >= 0.6 is 11.6 Å². The van der Waals surface area contributed by atoms with Gasteiger partial charge in [-0.2, -0.15) is 10.4 Å². The topological polar surface area (TPSA) is 87.4 Å². The van der Waals surface area contributed by atoms with Crippen molar-refractivity contribution in [2.45, 2.75) is 19.8 Å². The highest BCUT2D eigenvalue weighted by Crippen LogP contribution is 2.24. The molecule has 0 radical (unpaired) electrons. The first-order chi connectivity index (χ1) is 12.1. The molecular weight excluding hydrogens is 340 g/mol. The van der Waals surface area contributed by atoms with Crippen molar-refractivity contribution >= 4 is 23.7 Å². The fourth-order valence-corrected chi connectivity index (χ4v) is 2.21. The molecule has 0 unspecified atom stereocenters. The molecule has 0 spiro atoms. The van der Waals surface area contributed by atoms with Crippen LogP contribution in [0.1, 0.15) is 37.1 Å². The second-order valence-corrected chi connectivity index (χ2v) is 6.01. The number of nitriles is 1. The van der Waals surface area contributed by atoms with Crippen LogP contribution in [0, 0.1) is 11.3 Å². The summed E-state index contributed by atoms with van der Waals surface area (Å²) >= 11 is 5.88. The summed E-state index contributed by atoms with van der Waals surface area (Å²) in [4.78, 5) is 4.11. The van der Waals surface area contributed by atoms with Gasteiger partial charge in [-0.05, 0) is 36.4 Å². The smallest absolute Gasteiger partial charge is 0.252 e. The van der Waals surface area contributed by atoms with Gasteiger partial charge < -0.3 is 8.83 Å². The standard InChI is InChI=1S/C18H15ClN4O2/c1-11(2)17-22-15(9-20)18(25-17)23-21-10-14-7-8-16(24-14)12-3-5-13(19)6-4-12/h3-8,10-11,23H,1-2H3. The van der Waals surface area contributed by atoms with Crippen LogP contribution in [0.5, 0.6) is 0 Å². The lowest BCUT2D eigenvalue weighted by atomic mass is 10.2. The zero-order valence-corrected chi connectivity index (χ0v) is 14.4. The molecule has 0 saturated carbocycles. The molecule has 2 heterocycles. The molecule has 126 valence electrons. The first-order valence-electron chi connectivity index (χ1n) is 7.62. The molecule has 3 aromatic rings. The molecule has 0 aliphatic rings. The zero-order chi connectivity index (χ0) is 17.8. The number of aromatic nitrogens is 1. The van der Waals surface area contributed by atoms with Crippen molar-refractivity contribution in [3.8, 4) is 17.4 Å². The van der Waals surface area contributed by atoms with Crippen LogP contribution in [0.25, 0.3) is 11.3 Å². The number of hydrogen-bond donors (Lipinski definition) is 1. The Kier molecular flexibility index (Phi) is 4.87. The molecule has 7 heteroatoms. The van der Waals surface area contributed by atoms with Gasteiger partial charge in [-0.15, -0.1) is 0 Å². The summed E-state index contributed by atoms with van der Waals surface area (Å²) in [6.45, 7) is 3.86. The summed E-state index contributed by atoms with van der Waals surface area (Å²) in [6.07, 6.45) is 1.50. The minimum Gasteiger partial charge on any atom is -0.455 e. The lowest BCUT2D eigenvalue weighted by Gasteiger charge is -1.97. The van der Waals surface area contributed by atoms with E-state index in [4.69, 9.17) is 25.7 Å². The molecule has 0 bridgehead atoms. The summed E-state index contributed by atoms with van der Waals surface area (Å²) in [5, 5.41) is 13.8. The van der Waals surface area contributed by atoms with Gasteiger partial charge in [-0.1, -0.05) is 25.4 Å². The Balaban J connectivity index is 1.71. The Bertz CT molecular complexity index is 933. The molecule has 0 aliphatic heterocycles. The predicted molar refractivity (Wildman–Crippen MR) is 95.7 cm³/mol. The van der Waals surface area contributed by atoms with Crippen molar-refractivity contribution in [1.29, 1.82) is 5.26 Å². The number of anilines is 1. The van der Waals surface area contributed by atoms with E-state index in [1.807, 2.05) is 38.1 Å². The molecule has 0 atom stereocenters. The van der Waals surface area contributed by atoms with E-state index in [9.17, 15) is 0 Å². The second-order valence-electron chi connectivity index (χ2n) is 5.58. The number of rotatable bonds is 5. The summed E-state index contributed by atoms with van der Waals surface area (Å²) < 4.78 is 11.2. The highest BCUT2D eigenvalue weighted by atomic mass is 35.5. The quantitative estimate of drug-likeness (QED) is 0.513. The summed E-state index contributed by atoms with van der Waals surface area (Å²) in [7, 11) is 0. The summed E-state index contributed by atoms with van der Waals surface area (Å²) in [5.74, 6) is 2.04. The molecule has 1 aromatic carbocycles. The van der Waals surface area contributed by atoms with Crippen molar-refractivity contribution in [3.63, 3.8) is 0 Å². The molecule has 1 N–H and O–H groups in total. The number of nitrogens with zero attached hydrogens (tertiary/aromatic N) is 3. The van der Waals surface area contributed by atoms with Crippen LogP contribution in [-0.4, -0.2) is 11.2 Å². The number of benzene rings is 1. The number of hydrazone groups is 1. The van der Waals surface area contributed by atoms with Gasteiger partial charge in [-0.3, -0.25) is 0 Å². The van der Waals surface area contributed by atoms with E-state index in [-0.39, 0.29) is 17.5 Å². The van der Waals surface area contributed by atoms with Gasteiger partial charge in [0, 0.05) is 16.5 Å². The number of nitrogens with one attached hydrogen (secondary N) is 1. The van der Waals surface area contributed by atoms with Crippen molar-refractivity contribution in [1.82, 2.24) is 4.98 Å². The number of halogens is 1. The fraction of sp³-hybridized carbons (Fsp3) is 0.167. The van der Waals surface area contributed by atoms with E-state index in [1.165, 1.54) is 6.21 Å². The Morgan fingerprint density at radius 3 is 2.64 bits per heavy atom. The number of oxazole rings is 1. The third-order valence-corrected chi connectivity index (χ3v) is 3.61. The SMILES string of the molecule is CC(C)c1nc(C#N)c(NN=Cc2ccc(-c3ccc(Cl)cc3)o2)o1. The molecule has 0 saturated heterocycles. The lowest BCUT2D eigenvalue weighted by Crippen LogP contribution is -1.90. The maximum atomic E-state index is 9.09. The molecule has 0 aliphatic carbocycles. The Morgan fingerprint density at radius 1 is 1.20 bits per heavy atom. The Hall–Kier alpha value is -3.04. The zero-order valence-electron chi connectivity index (χ0n) is 13.7. The van der Waals surface area contributed by atoms with E-state index in [2.05, 4.69) is 15.5 Å². The Morgan fingerprint density at radius 2 is 1.96 bits per heavy atom. The van der Waals surface area contributed by atoms with E-state index < -0.39 is 0 Å². The van der Waals surface area contributed by atoms with Crippen molar-refractivity contribution in [2.24, 2.45) is 5.10 Å². The van der Waals surface area contributed by atoms with Gasteiger partial charge >= 0.3 is 0 Å². The average molecular weight is 355 g/mol. The maximum absolute atomic E-state index is 9.09. The predicted octanol–water partition coefficient (Wildman–Crippen LogP) is 5.03. The summed E-state index contributed by atoms with van der Waals surface area (Å²) in [5.41, 5.74) is 3.77. The second kappa shape index (κ2) is 7.24. The van der Waals surface area contributed by atoms with E-state index in [1.54, 1.807) is 18.2 Å². The van der Waals surface area contributed by atoms with Gasteiger partial charge in [0.25, 0.3) is 5.88 Å². The highest BCUT2D eigenvalue weighted by Gasteiger charge is 2.14. The van der Waals surface area contributed by atoms with E-state index in [0.717, 1.165) is 5.56 Å². The molecule has 2 aromatic heterocycles. The molecule has 0 fully saturated rings. The van der Waals surface area contributed by atoms with Gasteiger partial charge in [-0.25, -0.2) is 10.4 Å². The Labute approximate surface area is 149 Å². The lowest BCUT2D eigenvalue weighted by molar-refractivity contribution is 0.481. The normalized spacial score (nSPS) is 11.2. The van der Waals surface area contributed by atoms with Gasteiger partial charge in [0.05, 0.1) is 6.21 Å². The van der Waals surface area contributed by atoms with Crippen LogP contribution in [0.3, 0.4) is 0 Å². The minimum absolute atomic E-state index is 0.0821. The minimum atomic E-state index is 0.0821. The monoisotopic (exact) mass is 354 g/mol. The number of hydrogen-bond acceptors (Lipinski definition) is 6. The van der Waals surface area contributed by atoms with E-state index >= 15 is 0 Å². The third kappa shape index (κ3) is 3.90. The van der Waals surface area contributed by atoms with Crippen LogP contribution in [0.4, 0.5) is 5.88 Å². The molecule has 0 amide bonds.